The molecule has 1 aromatic carbocycles. The molecule has 0 bridgehead atoms. The molecule has 2 heterocycles. The van der Waals surface area contributed by atoms with Crippen LogP contribution in [-0.2, 0) is 53.3 Å². The summed E-state index contributed by atoms with van der Waals surface area (Å²) in [5.74, 6) is 0. The number of nitrogens with zero attached hydrogens (tertiary/aromatic N) is 2. The Morgan fingerprint density at radius 2 is 1.83 bits per heavy atom. The van der Waals surface area contributed by atoms with E-state index in [1.807, 2.05) is 0 Å². The molecular weight excluding hydrogens is 390 g/mol. The molecule has 1 aliphatic heterocycles. The first-order valence-corrected chi connectivity index (χ1v) is 11.8. The molecule has 1 unspecified atom stereocenters. The number of hydrogen-bond donors (Lipinski definition) is 3. The van der Waals surface area contributed by atoms with Gasteiger partial charge in [-0.25, -0.2) is 18.5 Å². The average Bonchev–Trinajstić information content (AvgIpc) is 3.38. The third kappa shape index (κ3) is 3.32. The van der Waals surface area contributed by atoms with Gasteiger partial charge in [-0.15, -0.1) is 0 Å². The molecule has 0 radical (unpaired) electrons. The molecule has 1 atom stereocenters. The van der Waals surface area contributed by atoms with Crippen molar-refractivity contribution in [3.8, 4) is 0 Å². The number of aromatic nitrogens is 2. The fourth-order valence-corrected chi connectivity index (χ4v) is 5.95. The molecule has 154 valence electrons. The molecule has 2 amide bonds. The molecule has 0 saturated carbocycles. The molecule has 2 aromatic rings. The molecule has 29 heavy (non-hydrogen) atoms. The predicted molar refractivity (Wildman–Crippen MR) is 109 cm³/mol. The second-order valence-electron chi connectivity index (χ2n) is 7.89. The van der Waals surface area contributed by atoms with Crippen molar-refractivity contribution in [1.82, 2.24) is 14.5 Å². The Morgan fingerprint density at radius 1 is 1.10 bits per heavy atom. The van der Waals surface area contributed by atoms with Crippen LogP contribution in [-0.4, -0.2) is 33.2 Å². The van der Waals surface area contributed by atoms with E-state index in [-0.39, 0.29) is 4.90 Å². The van der Waals surface area contributed by atoms with Crippen LogP contribution in [0.2, 0.25) is 0 Å². The molecule has 9 heteroatoms. The summed E-state index contributed by atoms with van der Waals surface area (Å²) < 4.78 is 31.0. The van der Waals surface area contributed by atoms with E-state index in [0.29, 0.717) is 31.9 Å². The van der Waals surface area contributed by atoms with Crippen molar-refractivity contribution in [3.05, 3.63) is 40.2 Å². The van der Waals surface area contributed by atoms with Crippen molar-refractivity contribution in [2.45, 2.75) is 56.4 Å². The number of fused-ring (bicyclic) bond motifs is 3. The van der Waals surface area contributed by atoms with Crippen LogP contribution in [0.15, 0.2) is 17.2 Å². The Labute approximate surface area is 170 Å². The minimum absolute atomic E-state index is 0.265. The van der Waals surface area contributed by atoms with Crippen molar-refractivity contribution >= 4 is 21.6 Å². The summed E-state index contributed by atoms with van der Waals surface area (Å²) in [6.07, 6.45) is 8.12. The molecular formula is C20H25N5O3S. The SMILES string of the molecule is N=S(=O)(NC(=O)Nc1c2c(cc3c1CCC3)CCC2)c1cnn2c1CCOCC2. The van der Waals surface area contributed by atoms with Crippen LogP contribution in [0.25, 0.3) is 0 Å². The first-order valence-electron chi connectivity index (χ1n) is 10.2. The van der Waals surface area contributed by atoms with Crippen LogP contribution in [0.5, 0.6) is 0 Å². The minimum atomic E-state index is -3.52. The van der Waals surface area contributed by atoms with Crippen molar-refractivity contribution < 1.29 is 13.7 Å². The number of benzene rings is 1. The average molecular weight is 416 g/mol. The van der Waals surface area contributed by atoms with Crippen LogP contribution >= 0.6 is 0 Å². The number of urea groups is 1. The second kappa shape index (κ2) is 7.14. The van der Waals surface area contributed by atoms with E-state index in [2.05, 4.69) is 21.2 Å². The van der Waals surface area contributed by atoms with Gasteiger partial charge >= 0.3 is 6.03 Å². The summed E-state index contributed by atoms with van der Waals surface area (Å²) in [4.78, 5) is 13.1. The molecule has 8 nitrogen and oxygen atoms in total. The smallest absolute Gasteiger partial charge is 0.331 e. The molecule has 0 fully saturated rings. The standard InChI is InChI=1S/C20H25N5O3S/c21-29(27,18-12-22-25-8-10-28-9-7-17(18)25)24-20(26)23-19-15-5-1-3-13(15)11-14-4-2-6-16(14)19/h11-12H,1-10H2,(H3,21,23,24,26,27). The number of aryl methyl sites for hydroxylation is 2. The number of nitrogens with one attached hydrogen (secondary N) is 3. The van der Waals surface area contributed by atoms with Crippen molar-refractivity contribution in [2.24, 2.45) is 0 Å². The number of carbonyl (C=O) groups excluding carboxylic acids is 1. The van der Waals surface area contributed by atoms with Gasteiger partial charge in [-0.2, -0.15) is 5.10 Å². The van der Waals surface area contributed by atoms with Gasteiger partial charge in [0.05, 0.1) is 31.6 Å². The lowest BCUT2D eigenvalue weighted by Gasteiger charge is -2.17. The zero-order chi connectivity index (χ0) is 20.0. The highest BCUT2D eigenvalue weighted by Crippen LogP contribution is 2.38. The maximum absolute atomic E-state index is 13.1. The summed E-state index contributed by atoms with van der Waals surface area (Å²) in [5.41, 5.74) is 6.61. The Bertz CT molecular complexity index is 1060. The first kappa shape index (κ1) is 18.6. The number of carbonyl (C=O) groups is 1. The number of rotatable bonds is 3. The van der Waals surface area contributed by atoms with E-state index < -0.39 is 15.9 Å². The molecule has 3 aliphatic rings. The monoisotopic (exact) mass is 415 g/mol. The molecule has 5 rings (SSSR count). The van der Waals surface area contributed by atoms with Gasteiger partial charge in [0, 0.05) is 12.1 Å². The van der Waals surface area contributed by atoms with Gasteiger partial charge in [-0.3, -0.25) is 4.68 Å². The van der Waals surface area contributed by atoms with E-state index in [4.69, 9.17) is 9.52 Å². The number of anilines is 1. The van der Waals surface area contributed by atoms with E-state index in [1.165, 1.54) is 28.5 Å². The van der Waals surface area contributed by atoms with Gasteiger partial charge in [0.25, 0.3) is 0 Å². The zero-order valence-electron chi connectivity index (χ0n) is 16.3. The van der Waals surface area contributed by atoms with Gasteiger partial charge in [0.1, 0.15) is 4.90 Å². The quantitative estimate of drug-likeness (QED) is 0.716. The van der Waals surface area contributed by atoms with Crippen LogP contribution < -0.4 is 10.0 Å². The lowest BCUT2D eigenvalue weighted by atomic mass is 9.99. The molecule has 2 aliphatic carbocycles. The van der Waals surface area contributed by atoms with E-state index in [0.717, 1.165) is 44.2 Å². The van der Waals surface area contributed by atoms with Crippen molar-refractivity contribution in [2.75, 3.05) is 18.5 Å². The predicted octanol–water partition coefficient (Wildman–Crippen LogP) is 2.58. The summed E-state index contributed by atoms with van der Waals surface area (Å²) in [5, 5.41) is 7.19. The lowest BCUT2D eigenvalue weighted by Crippen LogP contribution is -2.34. The Hall–Kier alpha value is -2.39. The Balaban J connectivity index is 1.40. The third-order valence-electron chi connectivity index (χ3n) is 6.10. The highest BCUT2D eigenvalue weighted by atomic mass is 32.2. The highest BCUT2D eigenvalue weighted by molar-refractivity contribution is 7.91. The van der Waals surface area contributed by atoms with Gasteiger partial charge in [0.15, 0.2) is 9.92 Å². The van der Waals surface area contributed by atoms with E-state index in [9.17, 15) is 9.00 Å². The van der Waals surface area contributed by atoms with Gasteiger partial charge in [0.2, 0.25) is 0 Å². The fourth-order valence-electron chi connectivity index (χ4n) is 4.79. The summed E-state index contributed by atoms with van der Waals surface area (Å²) in [7, 11) is -3.52. The third-order valence-corrected chi connectivity index (χ3v) is 7.53. The molecule has 0 saturated heterocycles. The normalized spacial score (nSPS) is 19.6. The summed E-state index contributed by atoms with van der Waals surface area (Å²) in [6, 6.07) is 1.70. The lowest BCUT2D eigenvalue weighted by molar-refractivity contribution is 0.138. The van der Waals surface area contributed by atoms with Crippen LogP contribution in [0.1, 0.15) is 40.8 Å². The second-order valence-corrected chi connectivity index (χ2v) is 9.64. The number of hydrogen-bond acceptors (Lipinski definition) is 5. The number of ether oxygens (including phenoxy) is 1. The molecule has 0 spiro atoms. The zero-order valence-corrected chi connectivity index (χ0v) is 17.1. The largest absolute Gasteiger partial charge is 0.379 e. The maximum atomic E-state index is 13.1. The summed E-state index contributed by atoms with van der Waals surface area (Å²) in [6.45, 7) is 1.58. The summed E-state index contributed by atoms with van der Waals surface area (Å²) >= 11 is 0. The van der Waals surface area contributed by atoms with Crippen LogP contribution in [0.3, 0.4) is 0 Å². The fraction of sp³-hybridized carbons (Fsp3) is 0.500. The van der Waals surface area contributed by atoms with Crippen molar-refractivity contribution in [1.29, 1.82) is 4.78 Å². The number of amides is 2. The Morgan fingerprint density at radius 3 is 2.55 bits per heavy atom. The van der Waals surface area contributed by atoms with Crippen molar-refractivity contribution in [3.63, 3.8) is 0 Å². The van der Waals surface area contributed by atoms with Gasteiger partial charge in [-0.05, 0) is 60.8 Å². The van der Waals surface area contributed by atoms with Crippen LogP contribution in [0, 0.1) is 4.78 Å². The van der Waals surface area contributed by atoms with Gasteiger partial charge < -0.3 is 10.1 Å². The van der Waals surface area contributed by atoms with E-state index in [1.54, 1.807) is 4.68 Å². The van der Waals surface area contributed by atoms with Crippen LogP contribution in [0.4, 0.5) is 10.5 Å². The first-order chi connectivity index (χ1) is 14.0. The highest BCUT2D eigenvalue weighted by Gasteiger charge is 2.27. The minimum Gasteiger partial charge on any atom is -0.379 e. The van der Waals surface area contributed by atoms with E-state index >= 15 is 0 Å². The van der Waals surface area contributed by atoms with Gasteiger partial charge in [-0.1, -0.05) is 6.07 Å². The molecule has 3 N–H and O–H groups in total. The molecule has 1 aromatic heterocycles. The maximum Gasteiger partial charge on any atom is 0.331 e. The Kier molecular flexibility index (Phi) is 4.59. The topological polar surface area (TPSA) is 109 Å².